The van der Waals surface area contributed by atoms with Crippen LogP contribution in [0.4, 0.5) is 5.69 Å². The van der Waals surface area contributed by atoms with Crippen molar-refractivity contribution in [3.63, 3.8) is 0 Å². The van der Waals surface area contributed by atoms with Crippen molar-refractivity contribution < 1.29 is 4.79 Å². The summed E-state index contributed by atoms with van der Waals surface area (Å²) in [6.07, 6.45) is 3.16. The highest BCUT2D eigenvalue weighted by Gasteiger charge is 2.16. The molecule has 3 heteroatoms. The second kappa shape index (κ2) is 5.68. The first-order chi connectivity index (χ1) is 9.72. The maximum absolute atomic E-state index is 11.5. The third-order valence-corrected chi connectivity index (χ3v) is 4.05. The monoisotopic (exact) mass is 285 g/mol. The zero-order chi connectivity index (χ0) is 13.9. The Morgan fingerprint density at radius 2 is 1.85 bits per heavy atom. The Morgan fingerprint density at radius 3 is 2.65 bits per heavy atom. The van der Waals surface area contributed by atoms with Gasteiger partial charge in [-0.1, -0.05) is 41.9 Å². The Kier molecular flexibility index (Phi) is 3.75. The molecule has 102 valence electrons. The van der Waals surface area contributed by atoms with Gasteiger partial charge in [0.05, 0.1) is 0 Å². The molecule has 2 nitrogen and oxygen atoms in total. The van der Waals surface area contributed by atoms with E-state index in [1.54, 1.807) is 0 Å². The van der Waals surface area contributed by atoms with Crippen LogP contribution in [-0.4, -0.2) is 5.91 Å². The normalized spacial score (nSPS) is 13.8. The van der Waals surface area contributed by atoms with Gasteiger partial charge in [0, 0.05) is 17.1 Å². The van der Waals surface area contributed by atoms with Crippen molar-refractivity contribution in [1.29, 1.82) is 0 Å². The van der Waals surface area contributed by atoms with Crippen LogP contribution in [0.2, 0.25) is 5.02 Å². The fraction of sp³-hybridized carbons (Fsp3) is 0.235. The number of rotatable bonds is 3. The van der Waals surface area contributed by atoms with E-state index in [0.717, 1.165) is 41.1 Å². The summed E-state index contributed by atoms with van der Waals surface area (Å²) in [6.45, 7) is 0. The molecule has 0 aromatic heterocycles. The Hall–Kier alpha value is -1.80. The molecule has 0 aliphatic carbocycles. The van der Waals surface area contributed by atoms with Gasteiger partial charge in [-0.25, -0.2) is 0 Å². The van der Waals surface area contributed by atoms with Crippen LogP contribution >= 0.6 is 11.6 Å². The van der Waals surface area contributed by atoms with Gasteiger partial charge in [-0.3, -0.25) is 4.79 Å². The van der Waals surface area contributed by atoms with Crippen LogP contribution in [0, 0.1) is 0 Å². The molecule has 0 spiro atoms. The highest BCUT2D eigenvalue weighted by molar-refractivity contribution is 6.31. The van der Waals surface area contributed by atoms with Gasteiger partial charge in [-0.15, -0.1) is 0 Å². The zero-order valence-corrected chi connectivity index (χ0v) is 11.9. The number of halogens is 1. The molecule has 0 radical (unpaired) electrons. The van der Waals surface area contributed by atoms with Gasteiger partial charge in [0.25, 0.3) is 0 Å². The van der Waals surface area contributed by atoms with Crippen molar-refractivity contribution in [3.8, 4) is 0 Å². The molecule has 0 bridgehead atoms. The van der Waals surface area contributed by atoms with Gasteiger partial charge in [0.15, 0.2) is 0 Å². The fourth-order valence-electron chi connectivity index (χ4n) is 2.56. The maximum Gasteiger partial charge on any atom is 0.224 e. The van der Waals surface area contributed by atoms with Crippen LogP contribution in [0.1, 0.15) is 23.1 Å². The number of hydrogen-bond acceptors (Lipinski definition) is 1. The zero-order valence-electron chi connectivity index (χ0n) is 11.2. The highest BCUT2D eigenvalue weighted by Crippen LogP contribution is 2.30. The molecular formula is C17H16ClNO. The van der Waals surface area contributed by atoms with Gasteiger partial charge in [0.2, 0.25) is 5.91 Å². The highest BCUT2D eigenvalue weighted by atomic mass is 35.5. The lowest BCUT2D eigenvalue weighted by Crippen LogP contribution is -2.19. The van der Waals surface area contributed by atoms with Crippen molar-refractivity contribution in [1.82, 2.24) is 0 Å². The molecule has 3 rings (SSSR count). The first-order valence-electron chi connectivity index (χ1n) is 6.87. The third-order valence-electron chi connectivity index (χ3n) is 3.69. The SMILES string of the molecule is O=C1CCc2cc(Cl)c(CCc3ccccc3)cc2N1. The molecular weight excluding hydrogens is 270 g/mol. The third kappa shape index (κ3) is 2.86. The lowest BCUT2D eigenvalue weighted by atomic mass is 9.98. The quantitative estimate of drug-likeness (QED) is 0.907. The molecule has 0 fully saturated rings. The summed E-state index contributed by atoms with van der Waals surface area (Å²) in [5.74, 6) is 0.0915. The second-order valence-electron chi connectivity index (χ2n) is 5.13. The molecule has 0 atom stereocenters. The Balaban J connectivity index is 1.80. The van der Waals surface area contributed by atoms with Gasteiger partial charge in [0.1, 0.15) is 0 Å². The summed E-state index contributed by atoms with van der Waals surface area (Å²) in [5, 5.41) is 3.73. The first-order valence-corrected chi connectivity index (χ1v) is 7.25. The summed E-state index contributed by atoms with van der Waals surface area (Å²) in [4.78, 5) is 11.5. The van der Waals surface area contributed by atoms with E-state index in [0.29, 0.717) is 6.42 Å². The summed E-state index contributed by atoms with van der Waals surface area (Å²) >= 11 is 6.35. The number of carbonyl (C=O) groups excluding carboxylic acids is 1. The van der Waals surface area contributed by atoms with E-state index in [4.69, 9.17) is 11.6 Å². The van der Waals surface area contributed by atoms with Crippen LogP contribution < -0.4 is 5.32 Å². The Bertz CT molecular complexity index is 637. The van der Waals surface area contributed by atoms with E-state index in [9.17, 15) is 4.79 Å². The number of nitrogens with one attached hydrogen (secondary N) is 1. The van der Waals surface area contributed by atoms with Crippen molar-refractivity contribution in [2.24, 2.45) is 0 Å². The molecule has 1 N–H and O–H groups in total. The van der Waals surface area contributed by atoms with Gasteiger partial charge >= 0.3 is 0 Å². The van der Waals surface area contributed by atoms with Crippen LogP contribution in [0.5, 0.6) is 0 Å². The summed E-state index contributed by atoms with van der Waals surface area (Å²) < 4.78 is 0. The number of benzene rings is 2. The molecule has 1 amide bonds. The predicted octanol–water partition coefficient (Wildman–Crippen LogP) is 4.01. The van der Waals surface area contributed by atoms with Crippen molar-refractivity contribution in [2.45, 2.75) is 25.7 Å². The van der Waals surface area contributed by atoms with E-state index in [-0.39, 0.29) is 5.91 Å². The Labute approximate surface area is 123 Å². The predicted molar refractivity (Wildman–Crippen MR) is 82.3 cm³/mol. The molecule has 2 aromatic carbocycles. The van der Waals surface area contributed by atoms with E-state index < -0.39 is 0 Å². The number of aryl methyl sites for hydroxylation is 3. The minimum atomic E-state index is 0.0915. The lowest BCUT2D eigenvalue weighted by Gasteiger charge is -2.18. The van der Waals surface area contributed by atoms with Crippen LogP contribution in [0.3, 0.4) is 0 Å². The number of hydrogen-bond donors (Lipinski definition) is 1. The summed E-state index contributed by atoms with van der Waals surface area (Å²) in [7, 11) is 0. The average molecular weight is 286 g/mol. The number of fused-ring (bicyclic) bond motifs is 1. The van der Waals surface area contributed by atoms with Crippen LogP contribution in [0.15, 0.2) is 42.5 Å². The van der Waals surface area contributed by atoms with E-state index in [1.807, 2.05) is 30.3 Å². The molecule has 0 saturated carbocycles. The minimum Gasteiger partial charge on any atom is -0.326 e. The van der Waals surface area contributed by atoms with Crippen LogP contribution in [-0.2, 0) is 24.1 Å². The second-order valence-corrected chi connectivity index (χ2v) is 5.54. The van der Waals surface area contributed by atoms with Crippen molar-refractivity contribution in [2.75, 3.05) is 5.32 Å². The topological polar surface area (TPSA) is 29.1 Å². The smallest absolute Gasteiger partial charge is 0.224 e. The van der Waals surface area contributed by atoms with Gasteiger partial charge in [-0.05, 0) is 48.1 Å². The first kappa shape index (κ1) is 13.2. The molecule has 1 aliphatic heterocycles. The number of amides is 1. The van der Waals surface area contributed by atoms with Crippen molar-refractivity contribution >= 4 is 23.2 Å². The number of carbonyl (C=O) groups is 1. The molecule has 20 heavy (non-hydrogen) atoms. The lowest BCUT2D eigenvalue weighted by molar-refractivity contribution is -0.116. The molecule has 1 aliphatic rings. The van der Waals surface area contributed by atoms with Gasteiger partial charge in [-0.2, -0.15) is 0 Å². The minimum absolute atomic E-state index is 0.0915. The standard InChI is InChI=1S/C17H16ClNO/c18-15-10-14-8-9-17(20)19-16(14)11-13(15)7-6-12-4-2-1-3-5-12/h1-5,10-11H,6-9H2,(H,19,20). The number of anilines is 1. The molecule has 2 aromatic rings. The van der Waals surface area contributed by atoms with Crippen molar-refractivity contribution in [3.05, 3.63) is 64.2 Å². The average Bonchev–Trinajstić information content (AvgIpc) is 2.46. The largest absolute Gasteiger partial charge is 0.326 e. The molecule has 0 saturated heterocycles. The summed E-state index contributed by atoms with van der Waals surface area (Å²) in [6, 6.07) is 14.4. The van der Waals surface area contributed by atoms with E-state index in [1.165, 1.54) is 5.56 Å². The maximum atomic E-state index is 11.5. The van der Waals surface area contributed by atoms with E-state index >= 15 is 0 Å². The Morgan fingerprint density at radius 1 is 1.05 bits per heavy atom. The van der Waals surface area contributed by atoms with E-state index in [2.05, 4.69) is 17.4 Å². The molecule has 1 heterocycles. The summed E-state index contributed by atoms with van der Waals surface area (Å²) in [5.41, 5.74) is 4.45. The fourth-order valence-corrected chi connectivity index (χ4v) is 2.84. The molecule has 0 unspecified atom stereocenters. The van der Waals surface area contributed by atoms with Gasteiger partial charge < -0.3 is 5.32 Å². The van der Waals surface area contributed by atoms with Crippen LogP contribution in [0.25, 0.3) is 0 Å².